The van der Waals surface area contributed by atoms with E-state index in [1.165, 1.54) is 11.1 Å². The second-order valence-electron chi connectivity index (χ2n) is 9.61. The van der Waals surface area contributed by atoms with Gasteiger partial charge in [0.1, 0.15) is 5.82 Å². The van der Waals surface area contributed by atoms with Gasteiger partial charge in [-0.25, -0.2) is 4.98 Å². The predicted molar refractivity (Wildman–Crippen MR) is 146 cm³/mol. The van der Waals surface area contributed by atoms with E-state index in [9.17, 15) is 0 Å². The molecular weight excluding hydrogens is 642 g/mol. The zero-order valence-electron chi connectivity index (χ0n) is 19.7. The maximum atomic E-state index is 5.60. The Kier molecular flexibility index (Phi) is 5.37. The molecule has 4 aromatic carbocycles. The Morgan fingerprint density at radius 1 is 0.778 bits per heavy atom. The summed E-state index contributed by atoms with van der Waals surface area (Å²) in [6.45, 7) is 4.58. The Labute approximate surface area is 229 Å². The molecule has 0 spiro atoms. The van der Waals surface area contributed by atoms with E-state index < -0.39 is 0 Å². The standard InChI is InChI=1S/C31H22N3S.Pt/c1-31(2)23-9-3-4-10-25(23)34(28-12-5-6-15-32-28)26-18-22-19(17-24(26)31)13-14-21-16-20-8-7-11-27(35)30(20)33-29(21)22;/h3-17,35H,1-2H3;/q-1;+2/p-1. The fourth-order valence-corrected chi connectivity index (χ4v) is 5.66. The van der Waals surface area contributed by atoms with Crippen LogP contribution < -0.4 is 4.90 Å². The first-order valence-corrected chi connectivity index (χ1v) is 12.1. The summed E-state index contributed by atoms with van der Waals surface area (Å²) in [5.41, 5.74) is 6.23. The van der Waals surface area contributed by atoms with Gasteiger partial charge in [-0.05, 0) is 51.2 Å². The number of anilines is 3. The quantitative estimate of drug-likeness (QED) is 0.0780. The van der Waals surface area contributed by atoms with Crippen LogP contribution in [0.1, 0.15) is 25.0 Å². The molecule has 6 aromatic rings. The van der Waals surface area contributed by atoms with Gasteiger partial charge in [0.15, 0.2) is 0 Å². The van der Waals surface area contributed by atoms with Crippen molar-refractivity contribution in [3.8, 4) is 0 Å². The fourth-order valence-electron chi connectivity index (χ4n) is 5.42. The van der Waals surface area contributed by atoms with Gasteiger partial charge in [-0.2, -0.15) is 0 Å². The Balaban J connectivity index is 0.00000240. The van der Waals surface area contributed by atoms with Crippen molar-refractivity contribution < 1.29 is 21.1 Å². The van der Waals surface area contributed by atoms with Crippen molar-refractivity contribution in [3.05, 3.63) is 108 Å². The maximum Gasteiger partial charge on any atom is 2.00 e. The number of fused-ring (bicyclic) bond motifs is 6. The summed E-state index contributed by atoms with van der Waals surface area (Å²) in [5.74, 6) is 0.874. The first-order valence-electron chi connectivity index (χ1n) is 11.7. The van der Waals surface area contributed by atoms with Gasteiger partial charge in [0.25, 0.3) is 0 Å². The van der Waals surface area contributed by atoms with E-state index >= 15 is 0 Å². The van der Waals surface area contributed by atoms with Crippen LogP contribution in [-0.2, 0) is 39.1 Å². The Morgan fingerprint density at radius 2 is 1.56 bits per heavy atom. The average molecular weight is 663 g/mol. The van der Waals surface area contributed by atoms with Crippen LogP contribution in [0, 0.1) is 6.07 Å². The number of hydrogen-bond donors (Lipinski definition) is 0. The number of hydrogen-bond acceptors (Lipinski definition) is 4. The summed E-state index contributed by atoms with van der Waals surface area (Å²) >= 11 is 5.60. The van der Waals surface area contributed by atoms with E-state index in [1.807, 2.05) is 30.5 Å². The van der Waals surface area contributed by atoms with Crippen molar-refractivity contribution in [1.29, 1.82) is 0 Å². The predicted octanol–water partition coefficient (Wildman–Crippen LogP) is 7.75. The molecule has 0 saturated carbocycles. The first-order chi connectivity index (χ1) is 17.0. The second kappa shape index (κ2) is 8.37. The van der Waals surface area contributed by atoms with Crippen LogP contribution in [0.4, 0.5) is 17.2 Å². The number of rotatable bonds is 1. The van der Waals surface area contributed by atoms with Crippen molar-refractivity contribution in [1.82, 2.24) is 9.97 Å². The van der Waals surface area contributed by atoms with Crippen molar-refractivity contribution in [2.24, 2.45) is 0 Å². The molecule has 176 valence electrons. The molecule has 0 fully saturated rings. The number of pyridine rings is 2. The number of benzene rings is 4. The molecule has 7 rings (SSSR count). The molecule has 0 radical (unpaired) electrons. The Hall–Kier alpha value is -3.33. The molecule has 1 aliphatic heterocycles. The molecule has 5 heteroatoms. The molecule has 36 heavy (non-hydrogen) atoms. The molecule has 2 aromatic heterocycles. The Morgan fingerprint density at radius 3 is 2.39 bits per heavy atom. The fraction of sp³-hybridized carbons (Fsp3) is 0.0968. The average Bonchev–Trinajstić information content (AvgIpc) is 2.88. The molecule has 0 aliphatic carbocycles. The number of aromatic nitrogens is 2. The maximum absolute atomic E-state index is 5.60. The minimum absolute atomic E-state index is 0. The van der Waals surface area contributed by atoms with Crippen LogP contribution in [0.25, 0.3) is 32.6 Å². The van der Waals surface area contributed by atoms with Crippen LogP contribution in [0.15, 0.2) is 96.0 Å². The van der Waals surface area contributed by atoms with Gasteiger partial charge in [0, 0.05) is 17.4 Å². The summed E-state index contributed by atoms with van der Waals surface area (Å²) in [6, 6.07) is 33.2. The summed E-state index contributed by atoms with van der Waals surface area (Å²) < 4.78 is 0. The third-order valence-electron chi connectivity index (χ3n) is 7.20. The largest absolute Gasteiger partial charge is 2.00 e. The molecular formula is C31H21N3PtS. The third kappa shape index (κ3) is 3.28. The Bertz CT molecular complexity index is 1800. The van der Waals surface area contributed by atoms with E-state index in [0.717, 1.165) is 54.7 Å². The van der Waals surface area contributed by atoms with Gasteiger partial charge in [-0.1, -0.05) is 80.1 Å². The van der Waals surface area contributed by atoms with E-state index in [2.05, 4.69) is 85.5 Å². The molecule has 3 heterocycles. The van der Waals surface area contributed by atoms with Crippen molar-refractivity contribution >= 4 is 62.4 Å². The van der Waals surface area contributed by atoms with Gasteiger partial charge in [-0.15, -0.1) is 27.8 Å². The monoisotopic (exact) mass is 662 g/mol. The van der Waals surface area contributed by atoms with Crippen LogP contribution in [0.5, 0.6) is 0 Å². The molecule has 3 nitrogen and oxygen atoms in total. The van der Waals surface area contributed by atoms with Crippen LogP contribution in [-0.4, -0.2) is 9.97 Å². The molecule has 0 saturated heterocycles. The molecule has 0 N–H and O–H groups in total. The van der Waals surface area contributed by atoms with Crippen LogP contribution >= 0.6 is 0 Å². The second-order valence-corrected chi connectivity index (χ2v) is 10.1. The SMILES string of the molecule is CC1(C)c2cc3ccc4cc5cccc([S-])c5nc4c3[c-]c2N(c2ccccn2)c2ccccc21.[Pt+2]. The summed E-state index contributed by atoms with van der Waals surface area (Å²) in [7, 11) is 0. The number of para-hydroxylation sites is 2. The van der Waals surface area contributed by atoms with Crippen molar-refractivity contribution in [2.75, 3.05) is 4.90 Å². The van der Waals surface area contributed by atoms with Crippen LogP contribution in [0.3, 0.4) is 0 Å². The van der Waals surface area contributed by atoms with Crippen molar-refractivity contribution in [2.45, 2.75) is 24.2 Å². The third-order valence-corrected chi connectivity index (χ3v) is 7.53. The van der Waals surface area contributed by atoms with E-state index in [-0.39, 0.29) is 26.5 Å². The molecule has 0 unspecified atom stereocenters. The van der Waals surface area contributed by atoms with Gasteiger partial charge in [0.05, 0.1) is 0 Å². The minimum Gasteiger partial charge on any atom is -0.778 e. The van der Waals surface area contributed by atoms with Crippen LogP contribution in [0.2, 0.25) is 0 Å². The zero-order chi connectivity index (χ0) is 23.7. The van der Waals surface area contributed by atoms with Crippen molar-refractivity contribution in [3.63, 3.8) is 0 Å². The van der Waals surface area contributed by atoms with E-state index in [4.69, 9.17) is 22.6 Å². The topological polar surface area (TPSA) is 29.0 Å². The molecule has 0 bridgehead atoms. The smallest absolute Gasteiger partial charge is 0.778 e. The molecule has 0 atom stereocenters. The number of nitrogens with zero attached hydrogens (tertiary/aromatic N) is 3. The van der Waals surface area contributed by atoms with Gasteiger partial charge in [-0.3, -0.25) is 4.98 Å². The zero-order valence-corrected chi connectivity index (χ0v) is 22.8. The summed E-state index contributed by atoms with van der Waals surface area (Å²) in [5, 5.41) is 4.27. The molecule has 0 amide bonds. The normalized spacial score (nSPS) is 13.9. The van der Waals surface area contributed by atoms with E-state index in [0.29, 0.717) is 0 Å². The van der Waals surface area contributed by atoms with E-state index in [1.54, 1.807) is 0 Å². The summed E-state index contributed by atoms with van der Waals surface area (Å²) in [6.07, 6.45) is 1.84. The summed E-state index contributed by atoms with van der Waals surface area (Å²) in [4.78, 5) is 12.8. The van der Waals surface area contributed by atoms with Gasteiger partial charge >= 0.3 is 21.1 Å². The minimum atomic E-state index is -0.193. The van der Waals surface area contributed by atoms with Gasteiger partial charge in [0.2, 0.25) is 0 Å². The molecule has 1 aliphatic rings. The first kappa shape index (κ1) is 23.1. The van der Waals surface area contributed by atoms with Gasteiger partial charge < -0.3 is 17.5 Å².